The zero-order chi connectivity index (χ0) is 20.4. The Hall–Kier alpha value is -2.79. The van der Waals surface area contributed by atoms with Gasteiger partial charge in [0.05, 0.1) is 11.6 Å². The number of carbonyl (C=O) groups is 3. The van der Waals surface area contributed by atoms with Crippen molar-refractivity contribution in [2.24, 2.45) is 0 Å². The summed E-state index contributed by atoms with van der Waals surface area (Å²) >= 11 is 6.05. The van der Waals surface area contributed by atoms with E-state index >= 15 is 0 Å². The number of aromatic nitrogens is 4. The van der Waals surface area contributed by atoms with E-state index in [2.05, 4.69) is 15.1 Å². The van der Waals surface area contributed by atoms with Crippen LogP contribution in [0.3, 0.4) is 0 Å². The highest BCUT2D eigenvalue weighted by molar-refractivity contribution is 6.33. The second-order valence-corrected chi connectivity index (χ2v) is 6.36. The van der Waals surface area contributed by atoms with Crippen molar-refractivity contribution in [1.82, 2.24) is 19.7 Å². The molecular weight excluding hydrogens is 396 g/mol. The Kier molecular flexibility index (Phi) is 5.75. The average molecular weight is 413 g/mol. The van der Waals surface area contributed by atoms with Crippen molar-refractivity contribution in [3.8, 4) is 0 Å². The van der Waals surface area contributed by atoms with Gasteiger partial charge in [0.15, 0.2) is 24.1 Å². The lowest BCUT2D eigenvalue weighted by atomic mass is 10.1. The third-order valence-electron chi connectivity index (χ3n) is 3.92. The predicted molar refractivity (Wildman–Crippen MR) is 92.0 cm³/mol. The van der Waals surface area contributed by atoms with Gasteiger partial charge in [-0.15, -0.1) is 0 Å². The number of rotatable bonds is 5. The molecule has 2 aromatic heterocycles. The molecule has 2 aromatic rings. The van der Waals surface area contributed by atoms with E-state index in [1.165, 1.54) is 38.0 Å². The van der Waals surface area contributed by atoms with Gasteiger partial charge in [-0.25, -0.2) is 14.6 Å². The van der Waals surface area contributed by atoms with Crippen molar-refractivity contribution in [3.05, 3.63) is 17.7 Å². The molecule has 1 aliphatic rings. The number of hydrogen-bond acceptors (Lipinski definition) is 10. The second kappa shape index (κ2) is 8.07. The Bertz CT molecular complexity index is 918. The van der Waals surface area contributed by atoms with Gasteiger partial charge < -0.3 is 18.9 Å². The number of carbonyl (C=O) groups excluding carboxylic acids is 3. The molecule has 11 nitrogen and oxygen atoms in total. The first-order valence-electron chi connectivity index (χ1n) is 8.25. The maximum absolute atomic E-state index is 11.7. The molecule has 0 saturated carbocycles. The van der Waals surface area contributed by atoms with Gasteiger partial charge in [-0.2, -0.15) is 5.10 Å². The van der Waals surface area contributed by atoms with E-state index in [1.807, 2.05) is 0 Å². The van der Waals surface area contributed by atoms with Crippen LogP contribution in [0.4, 0.5) is 0 Å². The summed E-state index contributed by atoms with van der Waals surface area (Å²) < 4.78 is 22.9. The van der Waals surface area contributed by atoms with Crippen LogP contribution >= 0.6 is 11.6 Å². The van der Waals surface area contributed by atoms with Crippen molar-refractivity contribution in [3.63, 3.8) is 0 Å². The van der Waals surface area contributed by atoms with Crippen molar-refractivity contribution in [2.75, 3.05) is 6.61 Å². The van der Waals surface area contributed by atoms with Crippen LogP contribution in [0.15, 0.2) is 12.5 Å². The lowest BCUT2D eigenvalue weighted by Gasteiger charge is -2.23. The smallest absolute Gasteiger partial charge is 0.303 e. The number of esters is 3. The monoisotopic (exact) mass is 412 g/mol. The van der Waals surface area contributed by atoms with Crippen LogP contribution in [0.5, 0.6) is 0 Å². The SMILES string of the molecule is CC(=O)OC[C@H]1O[C@@H](n2ncc3c(Cl)ncnc32)[C@H](OC(C)=O)[C@@H]1OC(C)=O. The van der Waals surface area contributed by atoms with Crippen LogP contribution < -0.4 is 0 Å². The third kappa shape index (κ3) is 4.04. The molecule has 150 valence electrons. The molecule has 0 aromatic carbocycles. The normalized spacial score (nSPS) is 24.1. The summed E-state index contributed by atoms with van der Waals surface area (Å²) in [7, 11) is 0. The van der Waals surface area contributed by atoms with E-state index in [0.29, 0.717) is 11.0 Å². The van der Waals surface area contributed by atoms with Gasteiger partial charge in [0.25, 0.3) is 0 Å². The van der Waals surface area contributed by atoms with Gasteiger partial charge in [0.1, 0.15) is 24.2 Å². The first-order chi connectivity index (χ1) is 13.3. The van der Waals surface area contributed by atoms with Crippen molar-refractivity contribution < 1.29 is 33.3 Å². The van der Waals surface area contributed by atoms with Gasteiger partial charge in [0, 0.05) is 20.8 Å². The van der Waals surface area contributed by atoms with E-state index in [9.17, 15) is 14.4 Å². The summed E-state index contributed by atoms with van der Waals surface area (Å²) in [5, 5.41) is 4.85. The average Bonchev–Trinajstić information content (AvgIpc) is 3.16. The van der Waals surface area contributed by atoms with E-state index < -0.39 is 42.4 Å². The fourth-order valence-corrected chi connectivity index (χ4v) is 3.09. The summed E-state index contributed by atoms with van der Waals surface area (Å²) in [6.45, 7) is 3.44. The number of nitrogens with zero attached hydrogens (tertiary/aromatic N) is 4. The van der Waals surface area contributed by atoms with Gasteiger partial charge in [-0.1, -0.05) is 11.6 Å². The molecule has 0 spiro atoms. The maximum atomic E-state index is 11.7. The van der Waals surface area contributed by atoms with E-state index in [-0.39, 0.29) is 11.8 Å². The highest BCUT2D eigenvalue weighted by Crippen LogP contribution is 2.36. The molecular formula is C16H17ClN4O7. The molecule has 4 atom stereocenters. The Morgan fingerprint density at radius 1 is 1.11 bits per heavy atom. The molecule has 0 amide bonds. The first kappa shape index (κ1) is 20.0. The molecule has 0 aliphatic carbocycles. The van der Waals surface area contributed by atoms with Crippen LogP contribution in [0.2, 0.25) is 5.15 Å². The molecule has 1 fully saturated rings. The van der Waals surface area contributed by atoms with Crippen molar-refractivity contribution in [2.45, 2.75) is 45.3 Å². The van der Waals surface area contributed by atoms with Crippen LogP contribution in [0, 0.1) is 0 Å². The summed E-state index contributed by atoms with van der Waals surface area (Å²) in [4.78, 5) is 42.4. The number of halogens is 1. The molecule has 1 saturated heterocycles. The van der Waals surface area contributed by atoms with Crippen LogP contribution in [0.25, 0.3) is 11.0 Å². The van der Waals surface area contributed by atoms with Gasteiger partial charge in [0.2, 0.25) is 0 Å². The van der Waals surface area contributed by atoms with E-state index in [0.717, 1.165) is 0 Å². The van der Waals surface area contributed by atoms with Gasteiger partial charge in [-0.3, -0.25) is 14.4 Å². The minimum absolute atomic E-state index is 0.186. The third-order valence-corrected chi connectivity index (χ3v) is 4.23. The second-order valence-electron chi connectivity index (χ2n) is 6.01. The molecule has 0 radical (unpaired) electrons. The fourth-order valence-electron chi connectivity index (χ4n) is 2.91. The zero-order valence-corrected chi connectivity index (χ0v) is 16.0. The summed E-state index contributed by atoms with van der Waals surface area (Å²) in [6, 6.07) is 0. The minimum atomic E-state index is -1.06. The summed E-state index contributed by atoms with van der Waals surface area (Å²) in [5.74, 6) is -1.77. The lowest BCUT2D eigenvalue weighted by Crippen LogP contribution is -2.40. The van der Waals surface area contributed by atoms with Crippen LogP contribution in [-0.4, -0.2) is 62.6 Å². The molecule has 0 bridgehead atoms. The first-order valence-corrected chi connectivity index (χ1v) is 8.62. The van der Waals surface area contributed by atoms with Crippen molar-refractivity contribution in [1.29, 1.82) is 0 Å². The number of fused-ring (bicyclic) bond motifs is 1. The van der Waals surface area contributed by atoms with Gasteiger partial charge in [-0.05, 0) is 0 Å². The zero-order valence-electron chi connectivity index (χ0n) is 15.2. The van der Waals surface area contributed by atoms with Gasteiger partial charge >= 0.3 is 17.9 Å². The Morgan fingerprint density at radius 3 is 2.43 bits per heavy atom. The Labute approximate surface area is 163 Å². The highest BCUT2D eigenvalue weighted by Gasteiger charge is 2.51. The van der Waals surface area contributed by atoms with E-state index in [4.69, 9.17) is 30.5 Å². The van der Waals surface area contributed by atoms with Crippen molar-refractivity contribution >= 4 is 40.5 Å². The standard InChI is InChI=1S/C16H17ClN4O7/c1-7(22)25-5-11-12(26-8(2)23)13(27-9(3)24)16(28-11)21-15-10(4-20-21)14(17)18-6-19-15/h4,6,11-13,16H,5H2,1-3H3/t11-,12-,13-,16-/m1/s1. The number of ether oxygens (including phenoxy) is 4. The van der Waals surface area contributed by atoms with Crippen LogP contribution in [-0.2, 0) is 33.3 Å². The molecule has 12 heteroatoms. The summed E-state index contributed by atoms with van der Waals surface area (Å²) in [6.07, 6.45) is -1.29. The molecule has 3 rings (SSSR count). The fraction of sp³-hybridized carbons (Fsp3) is 0.500. The van der Waals surface area contributed by atoms with E-state index in [1.54, 1.807) is 0 Å². The Balaban J connectivity index is 2.01. The predicted octanol–water partition coefficient (Wildman–Crippen LogP) is 0.804. The largest absolute Gasteiger partial charge is 0.463 e. The van der Waals surface area contributed by atoms with Crippen LogP contribution in [0.1, 0.15) is 27.0 Å². The lowest BCUT2D eigenvalue weighted by molar-refractivity contribution is -0.166. The topological polar surface area (TPSA) is 132 Å². The highest BCUT2D eigenvalue weighted by atomic mass is 35.5. The minimum Gasteiger partial charge on any atom is -0.463 e. The number of hydrogen-bond donors (Lipinski definition) is 0. The molecule has 0 unspecified atom stereocenters. The molecule has 28 heavy (non-hydrogen) atoms. The molecule has 1 aliphatic heterocycles. The molecule has 0 N–H and O–H groups in total. The maximum Gasteiger partial charge on any atom is 0.303 e. The molecule has 3 heterocycles. The summed E-state index contributed by atoms with van der Waals surface area (Å²) in [5.41, 5.74) is 0.330. The Morgan fingerprint density at radius 2 is 1.79 bits per heavy atom. The quantitative estimate of drug-likeness (QED) is 0.394.